The molecule has 1 atom stereocenters. The van der Waals surface area contributed by atoms with Crippen LogP contribution in [-0.4, -0.2) is 47.1 Å². The number of carbonyl (C=O) groups excluding carboxylic acids is 1. The van der Waals surface area contributed by atoms with Crippen LogP contribution in [0.5, 0.6) is 0 Å². The second-order valence-corrected chi connectivity index (χ2v) is 6.35. The summed E-state index contributed by atoms with van der Waals surface area (Å²) in [5.41, 5.74) is 1.05. The molecule has 2 rings (SSSR count). The third kappa shape index (κ3) is 4.04. The van der Waals surface area contributed by atoms with E-state index in [9.17, 15) is 9.59 Å². The lowest BCUT2D eigenvalue weighted by atomic mass is 9.85. The van der Waals surface area contributed by atoms with E-state index in [1.54, 1.807) is 11.3 Å². The molecule has 1 fully saturated rings. The fourth-order valence-corrected chi connectivity index (χ4v) is 3.43. The maximum absolute atomic E-state index is 12.2. The van der Waals surface area contributed by atoms with Crippen molar-refractivity contribution in [2.75, 3.05) is 13.1 Å². The normalized spacial score (nSPS) is 22.6. The molecule has 1 aromatic rings. The Kier molecular flexibility index (Phi) is 5.36. The van der Waals surface area contributed by atoms with E-state index in [1.165, 1.54) is 0 Å². The molecule has 1 aliphatic rings. The van der Waals surface area contributed by atoms with Crippen molar-refractivity contribution in [3.05, 3.63) is 22.4 Å². The minimum atomic E-state index is -0.796. The Balaban J connectivity index is 1.77. The van der Waals surface area contributed by atoms with Gasteiger partial charge in [-0.15, -0.1) is 0 Å². The van der Waals surface area contributed by atoms with Gasteiger partial charge in [-0.2, -0.15) is 11.3 Å². The van der Waals surface area contributed by atoms with Crippen molar-refractivity contribution in [2.24, 2.45) is 0 Å². The van der Waals surface area contributed by atoms with Crippen LogP contribution in [0.2, 0.25) is 0 Å². The van der Waals surface area contributed by atoms with Crippen molar-refractivity contribution >= 4 is 23.2 Å². The lowest BCUT2D eigenvalue weighted by Gasteiger charge is -2.42. The number of nitrogens with one attached hydrogen (secondary N) is 1. The zero-order chi connectivity index (χ0) is 15.4. The molecule has 0 saturated heterocycles. The number of rotatable bonds is 7. The molecule has 0 bridgehead atoms. The van der Waals surface area contributed by atoms with Gasteiger partial charge in [0.2, 0.25) is 5.91 Å². The molecule has 0 aromatic carbocycles. The van der Waals surface area contributed by atoms with E-state index < -0.39 is 5.97 Å². The van der Waals surface area contributed by atoms with Crippen LogP contribution >= 0.6 is 11.3 Å². The van der Waals surface area contributed by atoms with Gasteiger partial charge in [0, 0.05) is 12.1 Å². The lowest BCUT2D eigenvalue weighted by Crippen LogP contribution is -2.55. The summed E-state index contributed by atoms with van der Waals surface area (Å²) < 4.78 is 0. The number of nitrogens with zero attached hydrogens (tertiary/aromatic N) is 1. The van der Waals surface area contributed by atoms with Gasteiger partial charge < -0.3 is 10.4 Å². The first kappa shape index (κ1) is 16.0. The molecule has 1 aromatic heterocycles. The molecule has 21 heavy (non-hydrogen) atoms. The van der Waals surface area contributed by atoms with Crippen molar-refractivity contribution in [2.45, 2.75) is 44.7 Å². The predicted molar refractivity (Wildman–Crippen MR) is 82.6 cm³/mol. The monoisotopic (exact) mass is 310 g/mol. The zero-order valence-electron chi connectivity index (χ0n) is 12.4. The van der Waals surface area contributed by atoms with Crippen LogP contribution in [0.3, 0.4) is 0 Å². The van der Waals surface area contributed by atoms with Gasteiger partial charge in [-0.25, -0.2) is 0 Å². The van der Waals surface area contributed by atoms with E-state index in [0.29, 0.717) is 0 Å². The first-order valence-corrected chi connectivity index (χ1v) is 8.23. The van der Waals surface area contributed by atoms with Crippen LogP contribution in [0.25, 0.3) is 0 Å². The molecule has 5 nitrogen and oxygen atoms in total. The number of carboxylic acids is 1. The molecule has 1 unspecified atom stereocenters. The summed E-state index contributed by atoms with van der Waals surface area (Å²) in [6, 6.07) is 2.42. The maximum atomic E-state index is 12.2. The lowest BCUT2D eigenvalue weighted by molar-refractivity contribution is -0.139. The number of hydrogen-bond donors (Lipinski definition) is 2. The van der Waals surface area contributed by atoms with Gasteiger partial charge in [0.15, 0.2) is 0 Å². The third-order valence-electron chi connectivity index (χ3n) is 4.16. The van der Waals surface area contributed by atoms with Crippen molar-refractivity contribution in [1.29, 1.82) is 0 Å². The Morgan fingerprint density at radius 3 is 2.76 bits per heavy atom. The van der Waals surface area contributed by atoms with Gasteiger partial charge in [0.1, 0.15) is 0 Å². The molecule has 0 radical (unpaired) electrons. The van der Waals surface area contributed by atoms with Crippen LogP contribution in [-0.2, 0) is 9.59 Å². The number of amides is 1. The molecule has 0 spiro atoms. The van der Waals surface area contributed by atoms with Crippen molar-refractivity contribution in [3.63, 3.8) is 0 Å². The molecular formula is C15H22N2O3S. The Morgan fingerprint density at radius 2 is 2.24 bits per heavy atom. The molecular weight excluding hydrogens is 288 g/mol. The number of aliphatic carboxylic acids is 1. The Morgan fingerprint density at radius 1 is 1.52 bits per heavy atom. The van der Waals surface area contributed by atoms with Crippen LogP contribution in [0.15, 0.2) is 16.8 Å². The standard InChI is InChI=1S/C15H22N2O3S/c1-3-17(8-14(18)19)13-6-12(7-13)16-15(20)10(2)11-4-5-21-9-11/h4-5,9-10,12-13H,3,6-8H2,1-2H3,(H,16,20)(H,18,19). The van der Waals surface area contributed by atoms with Crippen LogP contribution < -0.4 is 5.32 Å². The van der Waals surface area contributed by atoms with E-state index >= 15 is 0 Å². The van der Waals surface area contributed by atoms with Crippen LogP contribution in [0.1, 0.15) is 38.2 Å². The summed E-state index contributed by atoms with van der Waals surface area (Å²) in [7, 11) is 0. The molecule has 1 aliphatic carbocycles. The van der Waals surface area contributed by atoms with Gasteiger partial charge in [0.05, 0.1) is 12.5 Å². The highest BCUT2D eigenvalue weighted by molar-refractivity contribution is 7.08. The minimum Gasteiger partial charge on any atom is -0.480 e. The SMILES string of the molecule is CCN(CC(=O)O)C1CC(NC(=O)C(C)c2ccsc2)C1. The first-order chi connectivity index (χ1) is 10.0. The summed E-state index contributed by atoms with van der Waals surface area (Å²) in [6.07, 6.45) is 1.67. The van der Waals surface area contributed by atoms with Gasteiger partial charge in [-0.05, 0) is 48.7 Å². The highest BCUT2D eigenvalue weighted by Crippen LogP contribution is 2.27. The first-order valence-electron chi connectivity index (χ1n) is 7.29. The predicted octanol–water partition coefficient (Wildman–Crippen LogP) is 1.91. The van der Waals surface area contributed by atoms with Crippen molar-refractivity contribution in [1.82, 2.24) is 10.2 Å². The highest BCUT2D eigenvalue weighted by atomic mass is 32.1. The fourth-order valence-electron chi connectivity index (χ4n) is 2.68. The Labute approximate surface area is 129 Å². The Hall–Kier alpha value is -1.40. The van der Waals surface area contributed by atoms with Crippen LogP contribution in [0.4, 0.5) is 0 Å². The summed E-state index contributed by atoms with van der Waals surface area (Å²) >= 11 is 1.59. The number of thiophene rings is 1. The third-order valence-corrected chi connectivity index (χ3v) is 4.86. The number of carboxylic acid groups (broad SMARTS) is 1. The van der Waals surface area contributed by atoms with E-state index in [4.69, 9.17) is 5.11 Å². The molecule has 116 valence electrons. The minimum absolute atomic E-state index is 0.0538. The number of likely N-dealkylation sites (N-methyl/N-ethyl adjacent to an activating group) is 1. The topological polar surface area (TPSA) is 69.6 Å². The van der Waals surface area contributed by atoms with E-state index in [-0.39, 0.29) is 30.5 Å². The zero-order valence-corrected chi connectivity index (χ0v) is 13.2. The largest absolute Gasteiger partial charge is 0.480 e. The molecule has 1 amide bonds. The summed E-state index contributed by atoms with van der Waals surface area (Å²) in [6.45, 7) is 4.68. The fraction of sp³-hybridized carbons (Fsp3) is 0.600. The highest BCUT2D eigenvalue weighted by Gasteiger charge is 2.35. The summed E-state index contributed by atoms with van der Waals surface area (Å²) in [4.78, 5) is 24.9. The van der Waals surface area contributed by atoms with Gasteiger partial charge in [-0.3, -0.25) is 14.5 Å². The van der Waals surface area contributed by atoms with Crippen molar-refractivity contribution < 1.29 is 14.7 Å². The number of hydrogen-bond acceptors (Lipinski definition) is 4. The number of carbonyl (C=O) groups is 2. The van der Waals surface area contributed by atoms with E-state index in [2.05, 4.69) is 5.32 Å². The molecule has 6 heteroatoms. The molecule has 1 heterocycles. The van der Waals surface area contributed by atoms with E-state index in [1.807, 2.05) is 35.6 Å². The van der Waals surface area contributed by atoms with Gasteiger partial charge in [0.25, 0.3) is 0 Å². The molecule has 0 aliphatic heterocycles. The quantitative estimate of drug-likeness (QED) is 0.807. The maximum Gasteiger partial charge on any atom is 0.317 e. The van der Waals surface area contributed by atoms with Gasteiger partial charge in [-0.1, -0.05) is 6.92 Å². The average molecular weight is 310 g/mol. The molecule has 1 saturated carbocycles. The van der Waals surface area contributed by atoms with Gasteiger partial charge >= 0.3 is 5.97 Å². The summed E-state index contributed by atoms with van der Waals surface area (Å²) in [5.74, 6) is -0.870. The average Bonchev–Trinajstić information content (AvgIpc) is 2.92. The molecule has 2 N–H and O–H groups in total. The van der Waals surface area contributed by atoms with E-state index in [0.717, 1.165) is 24.9 Å². The smallest absolute Gasteiger partial charge is 0.317 e. The van der Waals surface area contributed by atoms with Crippen LogP contribution in [0, 0.1) is 0 Å². The Bertz CT molecular complexity index is 483. The second-order valence-electron chi connectivity index (χ2n) is 5.57. The second kappa shape index (κ2) is 7.04. The summed E-state index contributed by atoms with van der Waals surface area (Å²) in [5, 5.41) is 15.9. The van der Waals surface area contributed by atoms with Crippen molar-refractivity contribution in [3.8, 4) is 0 Å².